The van der Waals surface area contributed by atoms with Crippen LogP contribution in [0.15, 0.2) is 36.5 Å². The van der Waals surface area contributed by atoms with Gasteiger partial charge in [0, 0.05) is 11.7 Å². The van der Waals surface area contributed by atoms with Gasteiger partial charge in [-0.25, -0.2) is 0 Å². The molecule has 1 heterocycles. The zero-order valence-electron chi connectivity index (χ0n) is 9.37. The highest BCUT2D eigenvalue weighted by molar-refractivity contribution is 5.83. The molecule has 2 rings (SSSR count). The molecule has 6 heteroatoms. The zero-order valence-corrected chi connectivity index (χ0v) is 9.37. The van der Waals surface area contributed by atoms with Crippen molar-refractivity contribution in [1.82, 2.24) is 9.88 Å². The van der Waals surface area contributed by atoms with E-state index in [2.05, 4.69) is 0 Å². The highest BCUT2D eigenvalue weighted by atomic mass is 19.4. The lowest BCUT2D eigenvalue weighted by Crippen LogP contribution is -2.35. The summed E-state index contributed by atoms with van der Waals surface area (Å²) >= 11 is 0. The minimum absolute atomic E-state index is 0.121. The zero-order chi connectivity index (χ0) is 13.2. The van der Waals surface area contributed by atoms with Crippen LogP contribution in [0.4, 0.5) is 13.2 Å². The summed E-state index contributed by atoms with van der Waals surface area (Å²) in [6.45, 7) is -1.42. The lowest BCUT2D eigenvalue weighted by atomic mass is 10.2. The Morgan fingerprint density at radius 3 is 2.67 bits per heavy atom. The molecule has 18 heavy (non-hydrogen) atoms. The number of halogens is 3. The number of aromatic nitrogens is 1. The molecule has 0 aliphatic carbocycles. The lowest BCUT2D eigenvalue weighted by Gasteiger charge is -2.09. The van der Waals surface area contributed by atoms with Gasteiger partial charge in [0.1, 0.15) is 13.1 Å². The van der Waals surface area contributed by atoms with Crippen molar-refractivity contribution < 1.29 is 18.0 Å². The molecule has 2 aromatic rings. The van der Waals surface area contributed by atoms with Gasteiger partial charge in [-0.05, 0) is 17.5 Å². The lowest BCUT2D eigenvalue weighted by molar-refractivity contribution is -0.138. The van der Waals surface area contributed by atoms with Gasteiger partial charge in [0.2, 0.25) is 5.91 Å². The summed E-state index contributed by atoms with van der Waals surface area (Å²) in [5.41, 5.74) is 0.819. The second-order valence-corrected chi connectivity index (χ2v) is 3.89. The van der Waals surface area contributed by atoms with Crippen LogP contribution in [0.25, 0.3) is 10.9 Å². The molecular formula is C12H11F3N2O. The molecule has 1 aromatic heterocycles. The molecule has 0 saturated heterocycles. The first-order valence-electron chi connectivity index (χ1n) is 5.33. The van der Waals surface area contributed by atoms with E-state index in [-0.39, 0.29) is 6.54 Å². The van der Waals surface area contributed by atoms with Crippen LogP contribution in [0.5, 0.6) is 0 Å². The summed E-state index contributed by atoms with van der Waals surface area (Å²) in [4.78, 5) is 11.4. The van der Waals surface area contributed by atoms with E-state index >= 15 is 0 Å². The van der Waals surface area contributed by atoms with Crippen molar-refractivity contribution in [3.8, 4) is 0 Å². The number of para-hydroxylation sites is 1. The van der Waals surface area contributed by atoms with Gasteiger partial charge in [-0.1, -0.05) is 18.2 Å². The quantitative estimate of drug-likeness (QED) is 0.898. The summed E-state index contributed by atoms with van der Waals surface area (Å²) in [6.07, 6.45) is -2.70. The molecular weight excluding hydrogens is 245 g/mol. The highest BCUT2D eigenvalue weighted by Gasteiger charge is 2.27. The van der Waals surface area contributed by atoms with E-state index in [9.17, 15) is 18.0 Å². The van der Waals surface area contributed by atoms with Crippen molar-refractivity contribution in [3.05, 3.63) is 36.5 Å². The third kappa shape index (κ3) is 3.03. The summed E-state index contributed by atoms with van der Waals surface area (Å²) in [7, 11) is 0. The summed E-state index contributed by atoms with van der Waals surface area (Å²) in [5.74, 6) is -0.659. The molecule has 0 aliphatic heterocycles. The molecule has 0 radical (unpaired) electrons. The number of nitrogens with one attached hydrogen (secondary N) is 1. The van der Waals surface area contributed by atoms with E-state index in [1.54, 1.807) is 10.8 Å². The van der Waals surface area contributed by atoms with Crippen LogP contribution in [0, 0.1) is 0 Å². The molecule has 96 valence electrons. The minimum atomic E-state index is -4.38. The number of carbonyl (C=O) groups excluding carboxylic acids is 1. The summed E-state index contributed by atoms with van der Waals surface area (Å²) in [5, 5.41) is 2.79. The Labute approximate surface area is 101 Å². The van der Waals surface area contributed by atoms with E-state index in [1.165, 1.54) is 0 Å². The van der Waals surface area contributed by atoms with Crippen LogP contribution in [0.1, 0.15) is 0 Å². The average Bonchev–Trinajstić information content (AvgIpc) is 2.70. The van der Waals surface area contributed by atoms with Crippen molar-refractivity contribution >= 4 is 16.8 Å². The van der Waals surface area contributed by atoms with E-state index in [0.29, 0.717) is 0 Å². The SMILES string of the molecule is O=C(Cn1ccc2ccccc21)NCC(F)(F)F. The molecule has 0 fully saturated rings. The van der Waals surface area contributed by atoms with E-state index in [1.807, 2.05) is 35.6 Å². The van der Waals surface area contributed by atoms with E-state index in [0.717, 1.165) is 10.9 Å². The fourth-order valence-electron chi connectivity index (χ4n) is 1.69. The number of amides is 1. The third-order valence-corrected chi connectivity index (χ3v) is 2.48. The van der Waals surface area contributed by atoms with Gasteiger partial charge >= 0.3 is 6.18 Å². The Kier molecular flexibility index (Phi) is 3.27. The molecule has 3 nitrogen and oxygen atoms in total. The van der Waals surface area contributed by atoms with E-state index < -0.39 is 18.6 Å². The monoisotopic (exact) mass is 256 g/mol. The number of hydrogen-bond donors (Lipinski definition) is 1. The number of fused-ring (bicyclic) bond motifs is 1. The van der Waals surface area contributed by atoms with E-state index in [4.69, 9.17) is 0 Å². The predicted octanol–water partition coefficient (Wildman–Crippen LogP) is 2.32. The Bertz CT molecular complexity index is 560. The van der Waals surface area contributed by atoms with Gasteiger partial charge in [-0.2, -0.15) is 13.2 Å². The molecule has 1 N–H and O–H groups in total. The molecule has 0 saturated carbocycles. The van der Waals surface area contributed by atoms with Crippen LogP contribution < -0.4 is 5.32 Å². The Balaban J connectivity index is 2.03. The van der Waals surface area contributed by atoms with Gasteiger partial charge in [-0.3, -0.25) is 4.79 Å². The molecule has 0 spiro atoms. The minimum Gasteiger partial charge on any atom is -0.345 e. The maximum Gasteiger partial charge on any atom is 0.405 e. The first-order chi connectivity index (χ1) is 8.46. The Morgan fingerprint density at radius 1 is 1.22 bits per heavy atom. The number of rotatable bonds is 3. The second kappa shape index (κ2) is 4.72. The summed E-state index contributed by atoms with van der Waals surface area (Å²) < 4.78 is 37.4. The largest absolute Gasteiger partial charge is 0.405 e. The molecule has 0 aliphatic rings. The van der Waals surface area contributed by atoms with Crippen LogP contribution in [-0.2, 0) is 11.3 Å². The van der Waals surface area contributed by atoms with Crippen molar-refractivity contribution in [3.63, 3.8) is 0 Å². The van der Waals surface area contributed by atoms with Crippen molar-refractivity contribution in [2.45, 2.75) is 12.7 Å². The standard InChI is InChI=1S/C12H11F3N2O/c13-12(14,15)8-16-11(18)7-17-6-5-9-3-1-2-4-10(9)17/h1-6H,7-8H2,(H,16,18). The normalized spacial score (nSPS) is 11.7. The van der Waals surface area contributed by atoms with Crippen LogP contribution in [-0.4, -0.2) is 23.2 Å². The number of nitrogens with zero attached hydrogens (tertiary/aromatic N) is 1. The van der Waals surface area contributed by atoms with Crippen LogP contribution in [0.2, 0.25) is 0 Å². The van der Waals surface area contributed by atoms with Gasteiger partial charge in [-0.15, -0.1) is 0 Å². The van der Waals surface area contributed by atoms with Gasteiger partial charge < -0.3 is 9.88 Å². The maximum atomic E-state index is 11.9. The molecule has 1 amide bonds. The molecule has 0 atom stereocenters. The van der Waals surface area contributed by atoms with Gasteiger partial charge in [0.15, 0.2) is 0 Å². The number of carbonyl (C=O) groups is 1. The first kappa shape index (κ1) is 12.5. The second-order valence-electron chi connectivity index (χ2n) is 3.89. The molecule has 0 bridgehead atoms. The average molecular weight is 256 g/mol. The van der Waals surface area contributed by atoms with Crippen molar-refractivity contribution in [2.24, 2.45) is 0 Å². The topological polar surface area (TPSA) is 34.0 Å². The fraction of sp³-hybridized carbons (Fsp3) is 0.250. The Morgan fingerprint density at radius 2 is 1.94 bits per heavy atom. The first-order valence-corrected chi connectivity index (χ1v) is 5.33. The van der Waals surface area contributed by atoms with Crippen molar-refractivity contribution in [1.29, 1.82) is 0 Å². The predicted molar refractivity (Wildman–Crippen MR) is 61.0 cm³/mol. The van der Waals surface area contributed by atoms with Crippen LogP contribution in [0.3, 0.4) is 0 Å². The molecule has 0 unspecified atom stereocenters. The summed E-state index contributed by atoms with van der Waals surface area (Å²) in [6, 6.07) is 9.17. The fourth-order valence-corrected chi connectivity index (χ4v) is 1.69. The van der Waals surface area contributed by atoms with Crippen LogP contribution >= 0.6 is 0 Å². The highest BCUT2D eigenvalue weighted by Crippen LogP contribution is 2.15. The van der Waals surface area contributed by atoms with Crippen molar-refractivity contribution in [2.75, 3.05) is 6.54 Å². The van der Waals surface area contributed by atoms with Gasteiger partial charge in [0.05, 0.1) is 0 Å². The van der Waals surface area contributed by atoms with Gasteiger partial charge in [0.25, 0.3) is 0 Å². The third-order valence-electron chi connectivity index (χ3n) is 2.48. The number of hydrogen-bond acceptors (Lipinski definition) is 1. The smallest absolute Gasteiger partial charge is 0.345 e. The maximum absolute atomic E-state index is 11.9. The number of alkyl halides is 3. The molecule has 1 aromatic carbocycles. The number of benzene rings is 1. The Hall–Kier alpha value is -1.98.